The summed E-state index contributed by atoms with van der Waals surface area (Å²) in [6.07, 6.45) is 4.78. The number of benzene rings is 1. The molecule has 2 heterocycles. The second-order valence-corrected chi connectivity index (χ2v) is 12.1. The predicted molar refractivity (Wildman–Crippen MR) is 124 cm³/mol. The molecule has 9 heteroatoms. The molecule has 32 heavy (non-hydrogen) atoms. The molecule has 1 aliphatic heterocycles. The van der Waals surface area contributed by atoms with E-state index in [0.717, 1.165) is 47.3 Å². The van der Waals surface area contributed by atoms with Gasteiger partial charge in [0.05, 0.1) is 32.6 Å². The van der Waals surface area contributed by atoms with Gasteiger partial charge in [0, 0.05) is 18.5 Å². The van der Waals surface area contributed by atoms with Gasteiger partial charge in [0.2, 0.25) is 0 Å². The standard InChI is InChI=1S/C23H30N2O5S2/c1-2-12-25(16-11-13-32(28,29)15-16)21(26)14-30-23(27)18-8-4-3-7-17(18)22-24-19-9-5-6-10-20(19)31-22/h5-6,9-10,16-18H,2-4,7-8,11-15H2,1H3. The first-order valence-electron chi connectivity index (χ1n) is 11.4. The molecule has 0 spiro atoms. The summed E-state index contributed by atoms with van der Waals surface area (Å²) in [5.41, 5.74) is 0.946. The number of aromatic nitrogens is 1. The van der Waals surface area contributed by atoms with Crippen molar-refractivity contribution in [2.45, 2.75) is 57.4 Å². The molecule has 1 amide bonds. The highest BCUT2D eigenvalue weighted by molar-refractivity contribution is 7.91. The number of thiazole rings is 1. The Morgan fingerprint density at radius 2 is 1.97 bits per heavy atom. The molecule has 3 unspecified atom stereocenters. The van der Waals surface area contributed by atoms with Gasteiger partial charge in [0.1, 0.15) is 0 Å². The topological polar surface area (TPSA) is 93.6 Å². The van der Waals surface area contributed by atoms with Crippen molar-refractivity contribution in [3.63, 3.8) is 0 Å². The van der Waals surface area contributed by atoms with Crippen LogP contribution in [0.25, 0.3) is 10.2 Å². The quantitative estimate of drug-likeness (QED) is 0.565. The number of fused-ring (bicyclic) bond motifs is 1. The summed E-state index contributed by atoms with van der Waals surface area (Å²) < 4.78 is 30.3. The van der Waals surface area contributed by atoms with E-state index in [1.165, 1.54) is 0 Å². The lowest BCUT2D eigenvalue weighted by atomic mass is 9.79. The normalized spacial score (nSPS) is 25.0. The third kappa shape index (κ3) is 5.14. The fourth-order valence-corrected chi connectivity index (χ4v) is 7.75. The number of esters is 1. The highest BCUT2D eigenvalue weighted by Crippen LogP contribution is 2.41. The van der Waals surface area contributed by atoms with Crippen molar-refractivity contribution in [3.8, 4) is 0 Å². The van der Waals surface area contributed by atoms with E-state index in [2.05, 4.69) is 0 Å². The first kappa shape index (κ1) is 23.2. The zero-order valence-electron chi connectivity index (χ0n) is 18.4. The molecule has 0 N–H and O–H groups in total. The Hall–Kier alpha value is -2.00. The second-order valence-electron chi connectivity index (χ2n) is 8.77. The molecule has 2 fully saturated rings. The van der Waals surface area contributed by atoms with E-state index in [1.807, 2.05) is 31.2 Å². The third-order valence-corrected chi connectivity index (χ3v) is 9.39. The average molecular weight is 479 g/mol. The molecule has 0 radical (unpaired) electrons. The van der Waals surface area contributed by atoms with Crippen LogP contribution in [0.3, 0.4) is 0 Å². The van der Waals surface area contributed by atoms with Crippen LogP contribution in [-0.2, 0) is 24.2 Å². The van der Waals surface area contributed by atoms with Crippen LogP contribution in [0, 0.1) is 5.92 Å². The number of nitrogens with zero attached hydrogens (tertiary/aromatic N) is 2. The number of ether oxygens (including phenoxy) is 1. The Labute approximate surface area is 193 Å². The first-order valence-corrected chi connectivity index (χ1v) is 14.0. The Kier molecular flexibility index (Phi) is 7.14. The number of rotatable bonds is 7. The monoisotopic (exact) mass is 478 g/mol. The summed E-state index contributed by atoms with van der Waals surface area (Å²) in [6.45, 7) is 2.08. The van der Waals surface area contributed by atoms with E-state index >= 15 is 0 Å². The predicted octanol–water partition coefficient (Wildman–Crippen LogP) is 3.54. The van der Waals surface area contributed by atoms with Gasteiger partial charge < -0.3 is 9.64 Å². The van der Waals surface area contributed by atoms with Crippen molar-refractivity contribution < 1.29 is 22.7 Å². The lowest BCUT2D eigenvalue weighted by Gasteiger charge is -2.30. The molecule has 3 atom stereocenters. The summed E-state index contributed by atoms with van der Waals surface area (Å²) in [5, 5.41) is 0.961. The average Bonchev–Trinajstić information content (AvgIpc) is 3.38. The van der Waals surface area contributed by atoms with Gasteiger partial charge >= 0.3 is 5.97 Å². The van der Waals surface area contributed by atoms with Crippen molar-refractivity contribution in [2.75, 3.05) is 24.7 Å². The molecular weight excluding hydrogens is 448 g/mol. The van der Waals surface area contributed by atoms with Crippen molar-refractivity contribution in [3.05, 3.63) is 29.3 Å². The fourth-order valence-electron chi connectivity index (χ4n) is 4.85. The molecule has 1 aromatic carbocycles. The van der Waals surface area contributed by atoms with Crippen LogP contribution in [0.4, 0.5) is 0 Å². The van der Waals surface area contributed by atoms with Crippen LogP contribution in [0.1, 0.15) is 56.4 Å². The Morgan fingerprint density at radius 3 is 2.69 bits per heavy atom. The molecular formula is C23H30N2O5S2. The summed E-state index contributed by atoms with van der Waals surface area (Å²) >= 11 is 1.63. The summed E-state index contributed by atoms with van der Waals surface area (Å²) in [4.78, 5) is 32.2. The van der Waals surface area contributed by atoms with Gasteiger partial charge in [-0.1, -0.05) is 31.9 Å². The summed E-state index contributed by atoms with van der Waals surface area (Å²) in [7, 11) is -3.10. The van der Waals surface area contributed by atoms with E-state index in [9.17, 15) is 18.0 Å². The molecule has 174 valence electrons. The maximum absolute atomic E-state index is 13.0. The highest BCUT2D eigenvalue weighted by atomic mass is 32.2. The SMILES string of the molecule is CCCN(C(=O)COC(=O)C1CCCCC1c1nc2ccccc2s1)C1CCS(=O)(=O)C1. The van der Waals surface area contributed by atoms with E-state index < -0.39 is 9.84 Å². The van der Waals surface area contributed by atoms with Gasteiger partial charge in [0.15, 0.2) is 16.4 Å². The molecule has 1 aliphatic carbocycles. The number of sulfone groups is 1. The number of hydrogen-bond donors (Lipinski definition) is 0. The molecule has 4 rings (SSSR count). The number of para-hydroxylation sites is 1. The molecule has 2 aliphatic rings. The maximum Gasteiger partial charge on any atom is 0.310 e. The third-order valence-electron chi connectivity index (χ3n) is 6.47. The van der Waals surface area contributed by atoms with Gasteiger partial charge in [0.25, 0.3) is 5.91 Å². The van der Waals surface area contributed by atoms with Crippen LogP contribution >= 0.6 is 11.3 Å². The Balaban J connectivity index is 1.41. The zero-order chi connectivity index (χ0) is 22.7. The summed E-state index contributed by atoms with van der Waals surface area (Å²) in [5.74, 6) is -0.849. The minimum absolute atomic E-state index is 0.00497. The first-order chi connectivity index (χ1) is 15.4. The van der Waals surface area contributed by atoms with Crippen LogP contribution in [0.5, 0.6) is 0 Å². The van der Waals surface area contributed by atoms with Crippen LogP contribution < -0.4 is 0 Å². The highest BCUT2D eigenvalue weighted by Gasteiger charge is 2.37. The Bertz CT molecular complexity index is 1050. The molecule has 0 bridgehead atoms. The molecule has 1 saturated heterocycles. The zero-order valence-corrected chi connectivity index (χ0v) is 20.0. The largest absolute Gasteiger partial charge is 0.455 e. The number of hydrogen-bond acceptors (Lipinski definition) is 7. The summed E-state index contributed by atoms with van der Waals surface area (Å²) in [6, 6.07) is 7.64. The van der Waals surface area contributed by atoms with Crippen molar-refractivity contribution in [1.29, 1.82) is 0 Å². The van der Waals surface area contributed by atoms with Crippen molar-refractivity contribution in [1.82, 2.24) is 9.88 Å². The van der Waals surface area contributed by atoms with Crippen molar-refractivity contribution >= 4 is 43.3 Å². The second kappa shape index (κ2) is 9.87. The van der Waals surface area contributed by atoms with E-state index in [1.54, 1.807) is 16.2 Å². The molecule has 1 aromatic heterocycles. The van der Waals surface area contributed by atoms with E-state index in [4.69, 9.17) is 9.72 Å². The van der Waals surface area contributed by atoms with Gasteiger partial charge in [-0.25, -0.2) is 13.4 Å². The van der Waals surface area contributed by atoms with E-state index in [0.29, 0.717) is 13.0 Å². The maximum atomic E-state index is 13.0. The van der Waals surface area contributed by atoms with Crippen LogP contribution in [0.15, 0.2) is 24.3 Å². The van der Waals surface area contributed by atoms with Gasteiger partial charge in [-0.2, -0.15) is 0 Å². The molecule has 7 nitrogen and oxygen atoms in total. The minimum atomic E-state index is -3.10. The van der Waals surface area contributed by atoms with Gasteiger partial charge in [-0.3, -0.25) is 9.59 Å². The lowest BCUT2D eigenvalue weighted by Crippen LogP contribution is -2.44. The van der Waals surface area contributed by atoms with Gasteiger partial charge in [-0.05, 0) is 37.8 Å². The molecule has 1 saturated carbocycles. The lowest BCUT2D eigenvalue weighted by molar-refractivity contribution is -0.157. The van der Waals surface area contributed by atoms with Crippen molar-refractivity contribution in [2.24, 2.45) is 5.92 Å². The minimum Gasteiger partial charge on any atom is -0.455 e. The number of amides is 1. The van der Waals surface area contributed by atoms with Crippen LogP contribution in [0.2, 0.25) is 0 Å². The van der Waals surface area contributed by atoms with Crippen LogP contribution in [-0.4, -0.2) is 60.9 Å². The van der Waals surface area contributed by atoms with Gasteiger partial charge in [-0.15, -0.1) is 11.3 Å². The fraction of sp³-hybridized carbons (Fsp3) is 0.609. The molecule has 2 aromatic rings. The number of carbonyl (C=O) groups excluding carboxylic acids is 2. The van der Waals surface area contributed by atoms with E-state index in [-0.39, 0.29) is 47.9 Å². The Morgan fingerprint density at radius 1 is 1.19 bits per heavy atom. The number of carbonyl (C=O) groups is 2. The smallest absolute Gasteiger partial charge is 0.310 e.